The first-order valence-electron chi connectivity index (χ1n) is 12.9. The average Bonchev–Trinajstić information content (AvgIpc) is 2.94. The van der Waals surface area contributed by atoms with Gasteiger partial charge < -0.3 is 9.80 Å². The Kier molecular flexibility index (Phi) is 6.46. The summed E-state index contributed by atoms with van der Waals surface area (Å²) >= 11 is 0. The van der Waals surface area contributed by atoms with Gasteiger partial charge in [-0.15, -0.1) is 0 Å². The first-order chi connectivity index (χ1) is 16.7. The van der Waals surface area contributed by atoms with E-state index < -0.39 is 10.8 Å². The van der Waals surface area contributed by atoms with E-state index in [0.717, 1.165) is 76.7 Å². The van der Waals surface area contributed by atoms with E-state index in [9.17, 15) is 10.1 Å². The smallest absolute Gasteiger partial charge is 0.233 e. The Morgan fingerprint density at radius 3 is 1.97 bits per heavy atom. The van der Waals surface area contributed by atoms with Crippen LogP contribution in [0, 0.1) is 11.3 Å². The Morgan fingerprint density at radius 1 is 0.794 bits per heavy atom. The Balaban J connectivity index is 1.33. The summed E-state index contributed by atoms with van der Waals surface area (Å²) in [4.78, 5) is 18.5. The number of likely N-dealkylation sites (tertiary alicyclic amines) is 2. The van der Waals surface area contributed by atoms with Crippen LogP contribution in [0.4, 0.5) is 0 Å². The van der Waals surface area contributed by atoms with Gasteiger partial charge in [0.1, 0.15) is 0 Å². The molecule has 5 rings (SSSR count). The van der Waals surface area contributed by atoms with Crippen LogP contribution in [0.2, 0.25) is 0 Å². The molecule has 176 valence electrons. The molecule has 2 aliphatic heterocycles. The van der Waals surface area contributed by atoms with Crippen molar-refractivity contribution in [2.24, 2.45) is 0 Å². The van der Waals surface area contributed by atoms with Crippen molar-refractivity contribution in [3.8, 4) is 6.07 Å². The molecule has 0 saturated carbocycles. The van der Waals surface area contributed by atoms with E-state index in [4.69, 9.17) is 0 Å². The summed E-state index contributed by atoms with van der Waals surface area (Å²) in [7, 11) is 0. The number of piperidine rings is 2. The van der Waals surface area contributed by atoms with Crippen molar-refractivity contribution in [3.05, 3.63) is 83.6 Å². The number of carbonyl (C=O) groups is 1. The van der Waals surface area contributed by atoms with Crippen molar-refractivity contribution < 1.29 is 4.79 Å². The maximum atomic E-state index is 13.9. The fourth-order valence-corrected chi connectivity index (χ4v) is 6.27. The van der Waals surface area contributed by atoms with E-state index in [2.05, 4.69) is 58.3 Å². The molecule has 4 nitrogen and oxygen atoms in total. The van der Waals surface area contributed by atoms with Crippen LogP contribution < -0.4 is 0 Å². The third-order valence-corrected chi connectivity index (χ3v) is 8.44. The van der Waals surface area contributed by atoms with Crippen molar-refractivity contribution in [2.75, 3.05) is 26.2 Å². The van der Waals surface area contributed by atoms with Crippen molar-refractivity contribution in [3.63, 3.8) is 0 Å². The van der Waals surface area contributed by atoms with Gasteiger partial charge in [-0.3, -0.25) is 4.79 Å². The van der Waals surface area contributed by atoms with Gasteiger partial charge in [0.05, 0.1) is 16.9 Å². The minimum atomic E-state index is -0.418. The maximum absolute atomic E-state index is 13.9. The largest absolute Gasteiger partial charge is 0.375 e. The van der Waals surface area contributed by atoms with Gasteiger partial charge in [0.25, 0.3) is 0 Å². The predicted octanol–water partition coefficient (Wildman–Crippen LogP) is 5.56. The lowest BCUT2D eigenvalue weighted by Crippen LogP contribution is -2.54. The molecule has 1 aliphatic carbocycles. The average molecular weight is 454 g/mol. The van der Waals surface area contributed by atoms with Gasteiger partial charge in [0, 0.05) is 31.9 Å². The summed E-state index contributed by atoms with van der Waals surface area (Å²) in [5.41, 5.74) is 2.83. The molecular formula is C30H35N3O. The highest BCUT2D eigenvalue weighted by Crippen LogP contribution is 2.43. The maximum Gasteiger partial charge on any atom is 0.233 e. The molecule has 4 heteroatoms. The van der Waals surface area contributed by atoms with E-state index in [-0.39, 0.29) is 0 Å². The molecule has 1 atom stereocenters. The summed E-state index contributed by atoms with van der Waals surface area (Å²) in [5.74, 6) is 0.336. The zero-order chi connectivity index (χ0) is 23.4. The summed E-state index contributed by atoms with van der Waals surface area (Å²) in [6.45, 7) is 3.59. The Hall–Kier alpha value is -3.06. The topological polar surface area (TPSA) is 47.3 Å². The van der Waals surface area contributed by atoms with Crippen LogP contribution in [-0.4, -0.2) is 41.9 Å². The molecule has 0 bridgehead atoms. The van der Waals surface area contributed by atoms with Gasteiger partial charge in [-0.05, 0) is 62.5 Å². The summed E-state index contributed by atoms with van der Waals surface area (Å²) in [6.07, 6.45) is 10.0. The van der Waals surface area contributed by atoms with Crippen LogP contribution in [0.3, 0.4) is 0 Å². The highest BCUT2D eigenvalue weighted by Gasteiger charge is 2.46. The normalized spacial score (nSPS) is 24.7. The molecule has 2 aromatic rings. The second kappa shape index (κ2) is 9.66. The van der Waals surface area contributed by atoms with Crippen molar-refractivity contribution in [1.82, 2.24) is 9.80 Å². The van der Waals surface area contributed by atoms with Crippen molar-refractivity contribution >= 4 is 5.91 Å². The van der Waals surface area contributed by atoms with Crippen LogP contribution in [0.1, 0.15) is 62.5 Å². The minimum absolute atomic E-state index is 0.336. The number of allylic oxidation sites excluding steroid dienone is 2. The highest BCUT2D eigenvalue weighted by molar-refractivity contribution is 5.88. The Bertz CT molecular complexity index is 1060. The van der Waals surface area contributed by atoms with E-state index in [0.29, 0.717) is 5.91 Å². The number of carbonyl (C=O) groups excluding carboxylic acids is 1. The number of nitriles is 1. The van der Waals surface area contributed by atoms with Gasteiger partial charge in [-0.2, -0.15) is 5.26 Å². The highest BCUT2D eigenvalue weighted by atomic mass is 16.2. The molecule has 34 heavy (non-hydrogen) atoms. The molecule has 2 aromatic carbocycles. The van der Waals surface area contributed by atoms with Gasteiger partial charge in [-0.25, -0.2) is 0 Å². The molecule has 3 aliphatic rings. The molecule has 0 N–H and O–H groups in total. The number of hydrogen-bond donors (Lipinski definition) is 0. The fraction of sp³-hybridized carbons (Fsp3) is 0.467. The second-order valence-electron chi connectivity index (χ2n) is 10.2. The molecule has 2 heterocycles. The monoisotopic (exact) mass is 453 g/mol. The number of nitrogens with zero attached hydrogens (tertiary/aromatic N) is 3. The Morgan fingerprint density at radius 2 is 1.41 bits per heavy atom. The van der Waals surface area contributed by atoms with E-state index in [1.165, 1.54) is 17.7 Å². The zero-order valence-electron chi connectivity index (χ0n) is 20.1. The third-order valence-electron chi connectivity index (χ3n) is 8.44. The molecule has 1 amide bonds. The molecule has 2 saturated heterocycles. The predicted molar refractivity (Wildman–Crippen MR) is 135 cm³/mol. The molecule has 1 unspecified atom stereocenters. The lowest BCUT2D eigenvalue weighted by Gasteiger charge is -2.46. The second-order valence-corrected chi connectivity index (χ2v) is 10.2. The SMILES string of the molecule is N#CC1(c2ccccc2)CC=C(N2CCC(C(=O)N3CCCCC3)(c3ccccc3)CC2)CC1. The summed E-state index contributed by atoms with van der Waals surface area (Å²) in [6, 6.07) is 23.4. The molecular weight excluding hydrogens is 418 g/mol. The van der Waals surface area contributed by atoms with Crippen LogP contribution >= 0.6 is 0 Å². The van der Waals surface area contributed by atoms with Crippen LogP contribution in [0.25, 0.3) is 0 Å². The standard InChI is InChI=1S/C30H35N3O/c31-24-29(25-10-4-1-5-11-25)16-14-27(15-17-29)32-22-18-30(19-23-32,26-12-6-2-7-13-26)28(34)33-20-8-3-9-21-33/h1-2,4-7,10-14H,3,8-9,15-23H2. The number of amides is 1. The van der Waals surface area contributed by atoms with Crippen molar-refractivity contribution in [1.29, 1.82) is 5.26 Å². The van der Waals surface area contributed by atoms with Gasteiger partial charge >= 0.3 is 0 Å². The van der Waals surface area contributed by atoms with Crippen molar-refractivity contribution in [2.45, 2.75) is 62.2 Å². The molecule has 2 fully saturated rings. The van der Waals surface area contributed by atoms with Crippen LogP contribution in [0.15, 0.2) is 72.4 Å². The number of rotatable bonds is 4. The van der Waals surface area contributed by atoms with E-state index in [1.54, 1.807) is 0 Å². The summed E-state index contributed by atoms with van der Waals surface area (Å²) in [5, 5.41) is 10.0. The molecule has 0 aromatic heterocycles. The lowest BCUT2D eigenvalue weighted by molar-refractivity contribution is -0.140. The van der Waals surface area contributed by atoms with Gasteiger partial charge in [0.15, 0.2) is 0 Å². The first-order valence-corrected chi connectivity index (χ1v) is 12.9. The molecule has 0 spiro atoms. The van der Waals surface area contributed by atoms with E-state index in [1.807, 2.05) is 24.3 Å². The minimum Gasteiger partial charge on any atom is -0.375 e. The number of benzene rings is 2. The van der Waals surface area contributed by atoms with Crippen LogP contribution in [0.5, 0.6) is 0 Å². The van der Waals surface area contributed by atoms with Gasteiger partial charge in [-0.1, -0.05) is 66.7 Å². The Labute approximate surface area is 203 Å². The fourth-order valence-electron chi connectivity index (χ4n) is 6.27. The lowest BCUT2D eigenvalue weighted by atomic mass is 9.70. The van der Waals surface area contributed by atoms with E-state index >= 15 is 0 Å². The quantitative estimate of drug-likeness (QED) is 0.609. The van der Waals surface area contributed by atoms with Gasteiger partial charge in [0.2, 0.25) is 5.91 Å². The third kappa shape index (κ3) is 4.13. The first kappa shape index (κ1) is 22.7. The van der Waals surface area contributed by atoms with Crippen LogP contribution in [-0.2, 0) is 15.6 Å². The zero-order valence-corrected chi connectivity index (χ0v) is 20.1. The molecule has 0 radical (unpaired) electrons. The summed E-state index contributed by atoms with van der Waals surface area (Å²) < 4.78 is 0. The number of hydrogen-bond acceptors (Lipinski definition) is 3.